The third kappa shape index (κ3) is 5.16. The average Bonchev–Trinajstić information content (AvgIpc) is 2.46. The second kappa shape index (κ2) is 7.61. The van der Waals surface area contributed by atoms with Crippen LogP contribution in [0, 0.1) is 0 Å². The molecule has 0 aliphatic heterocycles. The van der Waals surface area contributed by atoms with E-state index in [9.17, 15) is 0 Å². The Hall–Kier alpha value is -1.78. The Balaban J connectivity index is 1.63. The SMILES string of the molecule is CN(CCOCc1ccccn1)Cc1ccccn1. The summed E-state index contributed by atoms with van der Waals surface area (Å²) in [6.07, 6.45) is 3.60. The summed E-state index contributed by atoms with van der Waals surface area (Å²) < 4.78 is 5.60. The van der Waals surface area contributed by atoms with Crippen LogP contribution < -0.4 is 0 Å². The van der Waals surface area contributed by atoms with E-state index >= 15 is 0 Å². The van der Waals surface area contributed by atoms with Gasteiger partial charge in [0.2, 0.25) is 0 Å². The van der Waals surface area contributed by atoms with E-state index in [1.165, 1.54) is 0 Å². The zero-order chi connectivity index (χ0) is 13.3. The Morgan fingerprint density at radius 1 is 1.00 bits per heavy atom. The molecule has 2 aromatic heterocycles. The fraction of sp³-hybridized carbons (Fsp3) is 0.333. The molecule has 0 saturated carbocycles. The number of nitrogens with zero attached hydrogens (tertiary/aromatic N) is 3. The molecule has 100 valence electrons. The van der Waals surface area contributed by atoms with Gasteiger partial charge in [-0.1, -0.05) is 12.1 Å². The van der Waals surface area contributed by atoms with Crippen molar-refractivity contribution in [2.75, 3.05) is 20.2 Å². The lowest BCUT2D eigenvalue weighted by Crippen LogP contribution is -2.23. The van der Waals surface area contributed by atoms with Crippen LogP contribution in [-0.2, 0) is 17.9 Å². The lowest BCUT2D eigenvalue weighted by atomic mass is 10.3. The molecule has 2 rings (SSSR count). The van der Waals surface area contributed by atoms with E-state index in [1.807, 2.05) is 42.6 Å². The Morgan fingerprint density at radius 2 is 1.68 bits per heavy atom. The Labute approximate surface area is 114 Å². The highest BCUT2D eigenvalue weighted by molar-refractivity contribution is 5.03. The summed E-state index contributed by atoms with van der Waals surface area (Å²) in [5.74, 6) is 0. The predicted molar refractivity (Wildman–Crippen MR) is 74.5 cm³/mol. The van der Waals surface area contributed by atoms with Crippen molar-refractivity contribution >= 4 is 0 Å². The van der Waals surface area contributed by atoms with Crippen molar-refractivity contribution in [3.8, 4) is 0 Å². The van der Waals surface area contributed by atoms with Crippen LogP contribution in [-0.4, -0.2) is 35.1 Å². The molecule has 0 aliphatic rings. The standard InChI is InChI=1S/C15H19N3O/c1-18(12-14-6-2-4-8-16-14)10-11-19-13-15-7-3-5-9-17-15/h2-9H,10-13H2,1H3. The van der Waals surface area contributed by atoms with Gasteiger partial charge in [-0.3, -0.25) is 14.9 Å². The Kier molecular flexibility index (Phi) is 5.47. The summed E-state index contributed by atoms with van der Waals surface area (Å²) in [5, 5.41) is 0. The molecule has 2 aromatic rings. The molecule has 0 aromatic carbocycles. The monoisotopic (exact) mass is 257 g/mol. The van der Waals surface area contributed by atoms with Crippen LogP contribution in [0.3, 0.4) is 0 Å². The van der Waals surface area contributed by atoms with E-state index in [4.69, 9.17) is 4.74 Å². The number of aromatic nitrogens is 2. The number of ether oxygens (including phenoxy) is 1. The fourth-order valence-corrected chi connectivity index (χ4v) is 1.73. The van der Waals surface area contributed by atoms with Gasteiger partial charge in [-0.2, -0.15) is 0 Å². The second-order valence-electron chi connectivity index (χ2n) is 4.43. The van der Waals surface area contributed by atoms with Gasteiger partial charge in [-0.05, 0) is 31.3 Å². The summed E-state index contributed by atoms with van der Waals surface area (Å²) in [7, 11) is 2.07. The molecule has 0 N–H and O–H groups in total. The topological polar surface area (TPSA) is 38.2 Å². The van der Waals surface area contributed by atoms with Crippen molar-refractivity contribution in [1.29, 1.82) is 0 Å². The molecular weight excluding hydrogens is 238 g/mol. The van der Waals surface area contributed by atoms with Crippen LogP contribution in [0.1, 0.15) is 11.4 Å². The maximum Gasteiger partial charge on any atom is 0.0888 e. The minimum atomic E-state index is 0.568. The summed E-state index contributed by atoms with van der Waals surface area (Å²) in [6.45, 7) is 2.98. The highest BCUT2D eigenvalue weighted by atomic mass is 16.5. The summed E-state index contributed by atoms with van der Waals surface area (Å²) >= 11 is 0. The Bertz CT molecular complexity index is 461. The molecule has 0 saturated heterocycles. The van der Waals surface area contributed by atoms with Gasteiger partial charge in [0.25, 0.3) is 0 Å². The molecule has 0 fully saturated rings. The minimum Gasteiger partial charge on any atom is -0.374 e. The van der Waals surface area contributed by atoms with Crippen LogP contribution in [0.5, 0.6) is 0 Å². The van der Waals surface area contributed by atoms with Crippen LogP contribution in [0.4, 0.5) is 0 Å². The first-order chi connectivity index (χ1) is 9.34. The van der Waals surface area contributed by atoms with E-state index in [2.05, 4.69) is 21.9 Å². The number of hydrogen-bond donors (Lipinski definition) is 0. The molecular formula is C15H19N3O. The molecule has 4 heteroatoms. The minimum absolute atomic E-state index is 0.568. The van der Waals surface area contributed by atoms with Crippen LogP contribution >= 0.6 is 0 Å². The zero-order valence-electron chi connectivity index (χ0n) is 11.2. The molecule has 0 bridgehead atoms. The summed E-state index contributed by atoms with van der Waals surface area (Å²) in [4.78, 5) is 10.7. The van der Waals surface area contributed by atoms with Gasteiger partial charge in [0, 0.05) is 25.5 Å². The van der Waals surface area contributed by atoms with Gasteiger partial charge in [-0.25, -0.2) is 0 Å². The molecule has 0 aliphatic carbocycles. The normalized spacial score (nSPS) is 10.8. The van der Waals surface area contributed by atoms with Crippen molar-refractivity contribution in [3.05, 3.63) is 60.2 Å². The third-order valence-corrected chi connectivity index (χ3v) is 2.75. The van der Waals surface area contributed by atoms with Gasteiger partial charge in [0.05, 0.1) is 24.6 Å². The van der Waals surface area contributed by atoms with Crippen LogP contribution in [0.25, 0.3) is 0 Å². The smallest absolute Gasteiger partial charge is 0.0888 e. The molecule has 0 radical (unpaired) electrons. The van der Waals surface area contributed by atoms with Crippen molar-refractivity contribution in [3.63, 3.8) is 0 Å². The molecule has 4 nitrogen and oxygen atoms in total. The second-order valence-corrected chi connectivity index (χ2v) is 4.43. The van der Waals surface area contributed by atoms with Gasteiger partial charge < -0.3 is 4.74 Å². The maximum atomic E-state index is 5.60. The van der Waals surface area contributed by atoms with E-state index < -0.39 is 0 Å². The molecule has 2 heterocycles. The highest BCUT2D eigenvalue weighted by Crippen LogP contribution is 1.99. The van der Waals surface area contributed by atoms with E-state index in [0.29, 0.717) is 13.2 Å². The lowest BCUT2D eigenvalue weighted by molar-refractivity contribution is 0.0956. The maximum absolute atomic E-state index is 5.60. The van der Waals surface area contributed by atoms with Gasteiger partial charge >= 0.3 is 0 Å². The van der Waals surface area contributed by atoms with Gasteiger partial charge in [-0.15, -0.1) is 0 Å². The van der Waals surface area contributed by atoms with E-state index in [1.54, 1.807) is 6.20 Å². The fourth-order valence-electron chi connectivity index (χ4n) is 1.73. The van der Waals surface area contributed by atoms with Crippen molar-refractivity contribution in [2.24, 2.45) is 0 Å². The number of rotatable bonds is 7. The first kappa shape index (κ1) is 13.6. The van der Waals surface area contributed by atoms with Crippen molar-refractivity contribution in [1.82, 2.24) is 14.9 Å². The largest absolute Gasteiger partial charge is 0.374 e. The Morgan fingerprint density at radius 3 is 2.32 bits per heavy atom. The van der Waals surface area contributed by atoms with Crippen LogP contribution in [0.15, 0.2) is 48.8 Å². The molecule has 0 atom stereocenters. The van der Waals surface area contributed by atoms with Gasteiger partial charge in [0.15, 0.2) is 0 Å². The molecule has 0 unspecified atom stereocenters. The van der Waals surface area contributed by atoms with Gasteiger partial charge in [0.1, 0.15) is 0 Å². The average molecular weight is 257 g/mol. The molecule has 19 heavy (non-hydrogen) atoms. The number of pyridine rings is 2. The third-order valence-electron chi connectivity index (χ3n) is 2.75. The van der Waals surface area contributed by atoms with Crippen molar-refractivity contribution in [2.45, 2.75) is 13.2 Å². The first-order valence-electron chi connectivity index (χ1n) is 6.41. The summed E-state index contributed by atoms with van der Waals surface area (Å²) in [5.41, 5.74) is 2.05. The number of hydrogen-bond acceptors (Lipinski definition) is 4. The van der Waals surface area contributed by atoms with Crippen molar-refractivity contribution < 1.29 is 4.74 Å². The molecule has 0 spiro atoms. The van der Waals surface area contributed by atoms with Crippen LogP contribution in [0.2, 0.25) is 0 Å². The van der Waals surface area contributed by atoms with E-state index in [0.717, 1.165) is 24.5 Å². The predicted octanol–water partition coefficient (Wildman–Crippen LogP) is 2.13. The number of likely N-dealkylation sites (N-methyl/N-ethyl adjacent to an activating group) is 1. The quantitative estimate of drug-likeness (QED) is 0.712. The molecule has 0 amide bonds. The highest BCUT2D eigenvalue weighted by Gasteiger charge is 2.01. The first-order valence-corrected chi connectivity index (χ1v) is 6.41. The van der Waals surface area contributed by atoms with E-state index in [-0.39, 0.29) is 0 Å². The summed E-state index contributed by atoms with van der Waals surface area (Å²) in [6, 6.07) is 11.8. The lowest BCUT2D eigenvalue weighted by Gasteiger charge is -2.15. The zero-order valence-corrected chi connectivity index (χ0v) is 11.2.